The topological polar surface area (TPSA) is 52.8 Å². The highest BCUT2D eigenvalue weighted by Gasteiger charge is 2.71. The molecular weight excluding hydrogens is 519 g/mol. The SMILES string of the molecule is CC(C)CC(O)C#Cc1ccc2c(c1)CCN(c1cc(Cl)c(O[C@H]3C[C@H]4CCC45[C@@H](C3)N5C)c(Cl)c1)C2=O. The molecule has 2 saturated carbocycles. The van der Waals surface area contributed by atoms with Crippen LogP contribution in [0.1, 0.15) is 67.4 Å². The zero-order valence-electron chi connectivity index (χ0n) is 22.1. The van der Waals surface area contributed by atoms with Crippen LogP contribution >= 0.6 is 23.2 Å². The van der Waals surface area contributed by atoms with Gasteiger partial charge in [-0.15, -0.1) is 0 Å². The lowest BCUT2D eigenvalue weighted by atomic mass is 9.64. The molecule has 4 aliphatic rings. The maximum atomic E-state index is 13.4. The summed E-state index contributed by atoms with van der Waals surface area (Å²) in [6, 6.07) is 9.81. The molecule has 1 N–H and O–H groups in total. The predicted molar refractivity (Wildman–Crippen MR) is 151 cm³/mol. The molecular formula is C31H34Cl2N2O3. The van der Waals surface area contributed by atoms with E-state index in [2.05, 4.69) is 37.6 Å². The summed E-state index contributed by atoms with van der Waals surface area (Å²) in [6.45, 7) is 4.64. The highest BCUT2D eigenvalue weighted by molar-refractivity contribution is 6.37. The molecule has 3 fully saturated rings. The summed E-state index contributed by atoms with van der Waals surface area (Å²) in [6.07, 6.45) is 5.42. The minimum Gasteiger partial charge on any atom is -0.487 e. The number of rotatable bonds is 5. The Hall–Kier alpha value is -2.23. The first kappa shape index (κ1) is 26.0. The molecule has 5 nitrogen and oxygen atoms in total. The number of likely N-dealkylation sites (tertiary alicyclic amines) is 1. The van der Waals surface area contributed by atoms with E-state index in [4.69, 9.17) is 27.9 Å². The average Bonchev–Trinajstić information content (AvgIpc) is 3.47. The Morgan fingerprint density at radius 2 is 1.95 bits per heavy atom. The second kappa shape index (κ2) is 9.75. The molecule has 2 aromatic carbocycles. The smallest absolute Gasteiger partial charge is 0.258 e. The van der Waals surface area contributed by atoms with Gasteiger partial charge >= 0.3 is 0 Å². The molecule has 2 aliphatic carbocycles. The van der Waals surface area contributed by atoms with Crippen molar-refractivity contribution in [3.05, 3.63) is 57.1 Å². The van der Waals surface area contributed by atoms with Crippen LogP contribution in [0.2, 0.25) is 10.0 Å². The van der Waals surface area contributed by atoms with E-state index in [1.807, 2.05) is 18.2 Å². The molecule has 6 rings (SSSR count). The zero-order valence-corrected chi connectivity index (χ0v) is 23.6. The summed E-state index contributed by atoms with van der Waals surface area (Å²) in [5, 5.41) is 10.9. The standard InChI is InChI=1S/C31H34Cl2N2O3/c1-18(2)12-23(36)6-4-19-5-7-25-20(13-19)9-11-35(30(25)37)22-15-26(32)29(27(33)16-22)38-24-14-21-8-10-31(21)28(17-24)34(31)3/h5,7,13,15-16,18,21,23-24,28,36H,8-12,14,17H2,1-3H3/t21-,23?,24+,28-,31?,34?/m1/s1. The van der Waals surface area contributed by atoms with Crippen LogP contribution in [0, 0.1) is 23.7 Å². The number of likely N-dealkylation sites (N-methyl/N-ethyl adjacent to an activating group) is 1. The van der Waals surface area contributed by atoms with Crippen molar-refractivity contribution in [3.8, 4) is 17.6 Å². The molecule has 0 aromatic heterocycles. The number of nitrogens with zero attached hydrogens (tertiary/aromatic N) is 2. The molecule has 1 saturated heterocycles. The van der Waals surface area contributed by atoms with Crippen molar-refractivity contribution in [2.45, 2.75) is 76.2 Å². The normalized spacial score (nSPS) is 29.9. The van der Waals surface area contributed by atoms with E-state index in [0.29, 0.717) is 69.8 Å². The zero-order chi connectivity index (χ0) is 26.8. The summed E-state index contributed by atoms with van der Waals surface area (Å²) in [5.74, 6) is 7.48. The summed E-state index contributed by atoms with van der Waals surface area (Å²) >= 11 is 13.4. The van der Waals surface area contributed by atoms with Gasteiger partial charge in [0.25, 0.3) is 5.91 Å². The highest BCUT2D eigenvalue weighted by atomic mass is 35.5. The number of benzene rings is 2. The molecule has 0 bridgehead atoms. The number of carbonyl (C=O) groups is 1. The summed E-state index contributed by atoms with van der Waals surface area (Å²) in [7, 11) is 2.23. The fourth-order valence-corrected chi connectivity index (χ4v) is 7.59. The Balaban J connectivity index is 1.16. The van der Waals surface area contributed by atoms with Gasteiger partial charge in [-0.1, -0.05) is 48.9 Å². The van der Waals surface area contributed by atoms with E-state index in [1.165, 1.54) is 12.8 Å². The minimum atomic E-state index is -0.649. The van der Waals surface area contributed by atoms with Gasteiger partial charge in [0, 0.05) is 41.4 Å². The van der Waals surface area contributed by atoms with Crippen LogP contribution in [0.15, 0.2) is 30.3 Å². The Labute approximate surface area is 235 Å². The Morgan fingerprint density at radius 3 is 2.61 bits per heavy atom. The molecule has 2 aromatic rings. The van der Waals surface area contributed by atoms with Crippen molar-refractivity contribution in [2.24, 2.45) is 11.8 Å². The van der Waals surface area contributed by atoms with E-state index in [1.54, 1.807) is 17.0 Å². The van der Waals surface area contributed by atoms with Gasteiger partial charge in [-0.3, -0.25) is 9.69 Å². The average molecular weight is 554 g/mol. The van der Waals surface area contributed by atoms with Crippen LogP contribution in [-0.4, -0.2) is 53.3 Å². The number of ether oxygens (including phenoxy) is 1. The molecule has 1 amide bonds. The number of carbonyl (C=O) groups excluding carboxylic acids is 1. The summed E-state index contributed by atoms with van der Waals surface area (Å²) in [5.41, 5.74) is 3.54. The highest BCUT2D eigenvalue weighted by Crippen LogP contribution is 2.64. The molecule has 200 valence electrons. The monoisotopic (exact) mass is 552 g/mol. The van der Waals surface area contributed by atoms with E-state index in [9.17, 15) is 9.90 Å². The third-order valence-electron chi connectivity index (χ3n) is 9.11. The van der Waals surface area contributed by atoms with Crippen molar-refractivity contribution in [1.82, 2.24) is 4.90 Å². The van der Waals surface area contributed by atoms with Gasteiger partial charge in [-0.05, 0) is 86.9 Å². The van der Waals surface area contributed by atoms with E-state index in [0.717, 1.165) is 24.0 Å². The molecule has 2 aliphatic heterocycles. The third-order valence-corrected chi connectivity index (χ3v) is 9.67. The van der Waals surface area contributed by atoms with Crippen molar-refractivity contribution in [2.75, 3.05) is 18.5 Å². The molecule has 6 atom stereocenters. The lowest BCUT2D eigenvalue weighted by molar-refractivity contribution is 0.0655. The van der Waals surface area contributed by atoms with Crippen molar-refractivity contribution < 1.29 is 14.6 Å². The maximum Gasteiger partial charge on any atom is 0.258 e. The number of hydrogen-bond donors (Lipinski definition) is 1. The second-order valence-electron chi connectivity index (χ2n) is 11.8. The molecule has 1 spiro atoms. The quantitative estimate of drug-likeness (QED) is 0.367. The van der Waals surface area contributed by atoms with Crippen LogP contribution in [-0.2, 0) is 6.42 Å². The number of halogens is 2. The Bertz CT molecular complexity index is 1320. The van der Waals surface area contributed by atoms with Gasteiger partial charge in [-0.25, -0.2) is 0 Å². The fourth-order valence-electron chi connectivity index (χ4n) is 7.02. The van der Waals surface area contributed by atoms with Crippen LogP contribution < -0.4 is 9.64 Å². The molecule has 3 unspecified atom stereocenters. The minimum absolute atomic E-state index is 0.0863. The number of hydrogen-bond acceptors (Lipinski definition) is 4. The number of fused-ring (bicyclic) bond motifs is 1. The first-order chi connectivity index (χ1) is 18.2. The number of aliphatic hydroxyl groups is 1. The Morgan fingerprint density at radius 1 is 1.18 bits per heavy atom. The summed E-state index contributed by atoms with van der Waals surface area (Å²) in [4.78, 5) is 17.7. The predicted octanol–water partition coefficient (Wildman–Crippen LogP) is 5.96. The lowest BCUT2D eigenvalue weighted by Gasteiger charge is -2.43. The van der Waals surface area contributed by atoms with E-state index >= 15 is 0 Å². The van der Waals surface area contributed by atoms with Crippen LogP contribution in [0.5, 0.6) is 5.75 Å². The van der Waals surface area contributed by atoms with Crippen LogP contribution in [0.4, 0.5) is 5.69 Å². The van der Waals surface area contributed by atoms with Gasteiger partial charge < -0.3 is 14.7 Å². The van der Waals surface area contributed by atoms with Gasteiger partial charge in [0.1, 0.15) is 12.2 Å². The van der Waals surface area contributed by atoms with Crippen molar-refractivity contribution in [1.29, 1.82) is 0 Å². The van der Waals surface area contributed by atoms with E-state index < -0.39 is 6.10 Å². The van der Waals surface area contributed by atoms with Gasteiger partial charge in [0.05, 0.1) is 10.0 Å². The largest absolute Gasteiger partial charge is 0.487 e. The summed E-state index contributed by atoms with van der Waals surface area (Å²) < 4.78 is 6.39. The first-order valence-electron chi connectivity index (χ1n) is 13.7. The number of aliphatic hydroxyl groups excluding tert-OH is 1. The van der Waals surface area contributed by atoms with Gasteiger partial charge in [0.15, 0.2) is 5.75 Å². The van der Waals surface area contributed by atoms with Crippen LogP contribution in [0.25, 0.3) is 0 Å². The molecule has 7 heteroatoms. The lowest BCUT2D eigenvalue weighted by Crippen LogP contribution is -2.46. The number of amides is 1. The molecule has 38 heavy (non-hydrogen) atoms. The molecule has 2 heterocycles. The number of anilines is 1. The van der Waals surface area contributed by atoms with Crippen molar-refractivity contribution in [3.63, 3.8) is 0 Å². The maximum absolute atomic E-state index is 13.4. The van der Waals surface area contributed by atoms with E-state index in [-0.39, 0.29) is 12.0 Å². The van der Waals surface area contributed by atoms with Crippen molar-refractivity contribution >= 4 is 34.8 Å². The Kier molecular flexibility index (Phi) is 6.68. The van der Waals surface area contributed by atoms with Gasteiger partial charge in [0.2, 0.25) is 0 Å². The third kappa shape index (κ3) is 4.40. The first-order valence-corrected chi connectivity index (χ1v) is 14.5. The fraction of sp³-hybridized carbons (Fsp3) is 0.516. The van der Waals surface area contributed by atoms with Crippen LogP contribution in [0.3, 0.4) is 0 Å². The second-order valence-corrected chi connectivity index (χ2v) is 12.6. The molecule has 0 radical (unpaired) electrons. The van der Waals surface area contributed by atoms with Gasteiger partial charge in [-0.2, -0.15) is 0 Å².